The third kappa shape index (κ3) is 5.11. The van der Waals surface area contributed by atoms with E-state index >= 15 is 0 Å². The van der Waals surface area contributed by atoms with Crippen molar-refractivity contribution in [3.8, 4) is 0 Å². The van der Waals surface area contributed by atoms with Gasteiger partial charge in [-0.15, -0.1) is 0 Å². The highest BCUT2D eigenvalue weighted by Gasteiger charge is 2.27. The van der Waals surface area contributed by atoms with Gasteiger partial charge in [-0.1, -0.05) is 11.6 Å². The van der Waals surface area contributed by atoms with E-state index < -0.39 is 4.92 Å². The van der Waals surface area contributed by atoms with Crippen molar-refractivity contribution in [2.45, 2.75) is 0 Å². The Morgan fingerprint density at radius 2 is 1.56 bits per heavy atom. The summed E-state index contributed by atoms with van der Waals surface area (Å²) in [6, 6.07) is 11.1. The molecule has 0 unspecified atom stereocenters. The van der Waals surface area contributed by atoms with Gasteiger partial charge in [-0.2, -0.15) is 0 Å². The number of anilines is 2. The summed E-state index contributed by atoms with van der Waals surface area (Å²) >= 11 is 5.91. The average Bonchev–Trinajstić information content (AvgIpc) is 2.80. The molecule has 0 bridgehead atoms. The van der Waals surface area contributed by atoms with Gasteiger partial charge >= 0.3 is 0 Å². The van der Waals surface area contributed by atoms with Gasteiger partial charge in [0.1, 0.15) is 11.5 Å². The molecule has 10 heteroatoms. The lowest BCUT2D eigenvalue weighted by Crippen LogP contribution is -2.54. The first-order chi connectivity index (χ1) is 15.4. The van der Waals surface area contributed by atoms with E-state index in [0.717, 1.165) is 5.69 Å². The van der Waals surface area contributed by atoms with Gasteiger partial charge < -0.3 is 14.7 Å². The van der Waals surface area contributed by atoms with Gasteiger partial charge in [-0.25, -0.2) is 4.39 Å². The fraction of sp³-hybridized carbons (Fsp3) is 0.409. The molecule has 2 heterocycles. The fourth-order valence-corrected chi connectivity index (χ4v) is 4.38. The lowest BCUT2D eigenvalue weighted by Gasteiger charge is -2.39. The van der Waals surface area contributed by atoms with Crippen molar-refractivity contribution in [2.24, 2.45) is 0 Å². The van der Waals surface area contributed by atoms with E-state index in [0.29, 0.717) is 69.6 Å². The third-order valence-electron chi connectivity index (χ3n) is 6.03. The van der Waals surface area contributed by atoms with Crippen LogP contribution in [0.5, 0.6) is 0 Å². The zero-order valence-electron chi connectivity index (χ0n) is 17.6. The molecule has 2 saturated heterocycles. The van der Waals surface area contributed by atoms with Crippen molar-refractivity contribution in [1.29, 1.82) is 0 Å². The van der Waals surface area contributed by atoms with Crippen molar-refractivity contribution < 1.29 is 14.1 Å². The number of hydrogen-bond acceptors (Lipinski definition) is 6. The molecule has 2 aromatic rings. The second-order valence-electron chi connectivity index (χ2n) is 8.00. The Morgan fingerprint density at radius 1 is 0.938 bits per heavy atom. The highest BCUT2D eigenvalue weighted by atomic mass is 35.5. The van der Waals surface area contributed by atoms with Gasteiger partial charge in [0.2, 0.25) is 5.91 Å². The summed E-state index contributed by atoms with van der Waals surface area (Å²) in [5, 5.41) is 11.7. The highest BCUT2D eigenvalue weighted by Crippen LogP contribution is 2.31. The number of nitro groups is 1. The maximum atomic E-state index is 13.1. The number of amides is 1. The number of rotatable bonds is 5. The molecule has 2 fully saturated rings. The largest absolute Gasteiger partial charge is 0.368 e. The number of piperazine rings is 2. The smallest absolute Gasteiger partial charge is 0.294 e. The number of hydrogen-bond donors (Lipinski definition) is 0. The quantitative estimate of drug-likeness (QED) is 0.503. The first-order valence-corrected chi connectivity index (χ1v) is 11.0. The number of nitro benzene ring substituents is 1. The molecule has 8 nitrogen and oxygen atoms in total. The summed E-state index contributed by atoms with van der Waals surface area (Å²) < 4.78 is 13.1. The molecule has 1 amide bonds. The topological polar surface area (TPSA) is 73.2 Å². The minimum Gasteiger partial charge on any atom is -0.368 e. The van der Waals surface area contributed by atoms with Crippen molar-refractivity contribution in [3.05, 3.63) is 63.4 Å². The van der Waals surface area contributed by atoms with Crippen LogP contribution in [0.15, 0.2) is 42.5 Å². The Hall–Kier alpha value is -2.91. The molecule has 2 aliphatic rings. The third-order valence-corrected chi connectivity index (χ3v) is 6.27. The zero-order valence-corrected chi connectivity index (χ0v) is 18.4. The standard InChI is InChI=1S/C22H25ClFN5O3/c23-17-1-6-20(21(15-17)29(31)32)27-9-7-25(8-10-27)16-22(30)28-13-11-26(12-14-28)19-4-2-18(24)3-5-19/h1-6,15H,7-14,16H2. The molecule has 0 aliphatic carbocycles. The van der Waals surface area contributed by atoms with E-state index in [1.165, 1.54) is 18.2 Å². The normalized spacial score (nSPS) is 17.5. The Morgan fingerprint density at radius 3 is 2.19 bits per heavy atom. The van der Waals surface area contributed by atoms with Gasteiger partial charge in [0, 0.05) is 69.1 Å². The van der Waals surface area contributed by atoms with E-state index in [1.54, 1.807) is 24.3 Å². The van der Waals surface area contributed by atoms with Gasteiger partial charge in [0.25, 0.3) is 5.69 Å². The highest BCUT2D eigenvalue weighted by molar-refractivity contribution is 6.30. The summed E-state index contributed by atoms with van der Waals surface area (Å²) in [4.78, 5) is 31.8. The molecular formula is C22H25ClFN5O3. The van der Waals surface area contributed by atoms with Crippen LogP contribution in [0.1, 0.15) is 0 Å². The van der Waals surface area contributed by atoms with Crippen molar-refractivity contribution in [2.75, 3.05) is 68.7 Å². The maximum Gasteiger partial charge on any atom is 0.294 e. The minimum atomic E-state index is -0.414. The van der Waals surface area contributed by atoms with E-state index in [4.69, 9.17) is 11.6 Å². The summed E-state index contributed by atoms with van der Waals surface area (Å²) in [6.45, 7) is 5.55. The zero-order chi connectivity index (χ0) is 22.7. The van der Waals surface area contributed by atoms with Gasteiger partial charge in [-0.3, -0.25) is 19.8 Å². The number of halogens is 2. The summed E-state index contributed by atoms with van der Waals surface area (Å²) in [5.74, 6) is -0.164. The minimum absolute atomic E-state index is 0.000974. The second kappa shape index (κ2) is 9.70. The van der Waals surface area contributed by atoms with Crippen LogP contribution in [0.3, 0.4) is 0 Å². The molecule has 32 heavy (non-hydrogen) atoms. The van der Waals surface area contributed by atoms with E-state index in [1.807, 2.05) is 9.80 Å². The van der Waals surface area contributed by atoms with Crippen LogP contribution in [0.25, 0.3) is 0 Å². The first kappa shape index (κ1) is 22.3. The summed E-state index contributed by atoms with van der Waals surface area (Å²) in [6.07, 6.45) is 0. The molecule has 0 atom stereocenters. The molecule has 0 saturated carbocycles. The predicted octanol–water partition coefficient (Wildman–Crippen LogP) is 2.86. The molecule has 2 aromatic carbocycles. The first-order valence-electron chi connectivity index (χ1n) is 10.6. The Balaban J connectivity index is 1.26. The summed E-state index contributed by atoms with van der Waals surface area (Å²) in [5.41, 5.74) is 1.52. The van der Waals surface area contributed by atoms with Crippen molar-refractivity contribution >= 4 is 34.6 Å². The van der Waals surface area contributed by atoms with Crippen molar-refractivity contribution in [3.63, 3.8) is 0 Å². The number of nitrogens with zero attached hydrogens (tertiary/aromatic N) is 5. The number of carbonyl (C=O) groups excluding carboxylic acids is 1. The Bertz CT molecular complexity index is 974. The Labute approximate surface area is 190 Å². The summed E-state index contributed by atoms with van der Waals surface area (Å²) in [7, 11) is 0. The van der Waals surface area contributed by atoms with E-state index in [2.05, 4.69) is 9.80 Å². The molecule has 0 aromatic heterocycles. The SMILES string of the molecule is O=C(CN1CCN(c2ccc(Cl)cc2[N+](=O)[O-])CC1)N1CCN(c2ccc(F)cc2)CC1. The van der Waals surface area contributed by atoms with Crippen LogP contribution in [0.4, 0.5) is 21.5 Å². The van der Waals surface area contributed by atoms with Crippen LogP contribution in [-0.4, -0.2) is 79.5 Å². The molecule has 0 spiro atoms. The molecule has 0 N–H and O–H groups in total. The molecule has 170 valence electrons. The van der Waals surface area contributed by atoms with Crippen LogP contribution in [0, 0.1) is 15.9 Å². The fourth-order valence-electron chi connectivity index (χ4n) is 4.21. The van der Waals surface area contributed by atoms with Crippen LogP contribution < -0.4 is 9.80 Å². The van der Waals surface area contributed by atoms with Gasteiger partial charge in [-0.05, 0) is 36.4 Å². The Kier molecular flexibility index (Phi) is 6.76. The van der Waals surface area contributed by atoms with Crippen LogP contribution >= 0.6 is 11.6 Å². The molecule has 4 rings (SSSR count). The lowest BCUT2D eigenvalue weighted by molar-refractivity contribution is -0.384. The van der Waals surface area contributed by atoms with E-state index in [-0.39, 0.29) is 17.4 Å². The van der Waals surface area contributed by atoms with Crippen LogP contribution in [0.2, 0.25) is 5.02 Å². The van der Waals surface area contributed by atoms with E-state index in [9.17, 15) is 19.3 Å². The molecular weight excluding hydrogens is 437 g/mol. The predicted molar refractivity (Wildman–Crippen MR) is 122 cm³/mol. The monoisotopic (exact) mass is 461 g/mol. The second-order valence-corrected chi connectivity index (χ2v) is 8.43. The van der Waals surface area contributed by atoms with Gasteiger partial charge in [0.05, 0.1) is 11.5 Å². The van der Waals surface area contributed by atoms with Crippen molar-refractivity contribution in [1.82, 2.24) is 9.80 Å². The van der Waals surface area contributed by atoms with Crippen LogP contribution in [-0.2, 0) is 4.79 Å². The molecule has 0 radical (unpaired) electrons. The lowest BCUT2D eigenvalue weighted by atomic mass is 10.2. The number of benzene rings is 2. The molecule has 2 aliphatic heterocycles. The number of carbonyl (C=O) groups is 1. The average molecular weight is 462 g/mol. The maximum absolute atomic E-state index is 13.1. The van der Waals surface area contributed by atoms with Gasteiger partial charge in [0.15, 0.2) is 0 Å².